The molecular weight excluding hydrogens is 368 g/mol. The van der Waals surface area contributed by atoms with Gasteiger partial charge in [0.15, 0.2) is 0 Å². The molecule has 0 radical (unpaired) electrons. The van der Waals surface area contributed by atoms with Gasteiger partial charge >= 0.3 is 12.1 Å². The van der Waals surface area contributed by atoms with Gasteiger partial charge in [-0.2, -0.15) is 13.2 Å². The first-order valence-corrected chi connectivity index (χ1v) is 7.92. The van der Waals surface area contributed by atoms with E-state index < -0.39 is 36.0 Å². The summed E-state index contributed by atoms with van der Waals surface area (Å²) in [4.78, 5) is 27.9. The number of amides is 1. The molecule has 0 bridgehead atoms. The second-order valence-corrected chi connectivity index (χ2v) is 5.53. The van der Waals surface area contributed by atoms with E-state index in [2.05, 4.69) is 10.3 Å². The van der Waals surface area contributed by atoms with Crippen LogP contribution in [-0.4, -0.2) is 23.5 Å². The Balaban J connectivity index is 2.15. The van der Waals surface area contributed by atoms with E-state index in [9.17, 15) is 27.2 Å². The SMILES string of the molecule is CCOC(=O)c1ccc(C(=O)NCc2ccc(F)cc2C(F)(F)F)nc1C. The number of aryl methyl sites for hydroxylation is 1. The Hall–Kier alpha value is -2.97. The minimum atomic E-state index is -4.75. The molecule has 2 aromatic rings. The first-order valence-electron chi connectivity index (χ1n) is 7.92. The Morgan fingerprint density at radius 1 is 1.19 bits per heavy atom. The maximum Gasteiger partial charge on any atom is 0.416 e. The Kier molecular flexibility index (Phi) is 6.14. The van der Waals surface area contributed by atoms with Gasteiger partial charge in [-0.05, 0) is 43.7 Å². The lowest BCUT2D eigenvalue weighted by Crippen LogP contribution is -2.26. The Bertz CT molecular complexity index is 866. The number of rotatable bonds is 5. The molecule has 0 aliphatic heterocycles. The van der Waals surface area contributed by atoms with Crippen molar-refractivity contribution in [3.05, 3.63) is 64.2 Å². The highest BCUT2D eigenvalue weighted by atomic mass is 19.4. The third-order valence-corrected chi connectivity index (χ3v) is 3.63. The first kappa shape index (κ1) is 20.3. The smallest absolute Gasteiger partial charge is 0.416 e. The average Bonchev–Trinajstić information content (AvgIpc) is 2.59. The van der Waals surface area contributed by atoms with Gasteiger partial charge < -0.3 is 10.1 Å². The molecule has 0 unspecified atom stereocenters. The van der Waals surface area contributed by atoms with Gasteiger partial charge in [-0.15, -0.1) is 0 Å². The molecular formula is C18H16F4N2O3. The number of halogens is 4. The van der Waals surface area contributed by atoms with E-state index >= 15 is 0 Å². The number of aromatic nitrogens is 1. The van der Waals surface area contributed by atoms with Crippen LogP contribution in [0.1, 0.15) is 44.6 Å². The molecule has 144 valence electrons. The highest BCUT2D eigenvalue weighted by molar-refractivity contribution is 5.95. The van der Waals surface area contributed by atoms with Crippen LogP contribution in [0.15, 0.2) is 30.3 Å². The molecule has 2 rings (SSSR count). The van der Waals surface area contributed by atoms with Gasteiger partial charge in [0.2, 0.25) is 0 Å². The number of hydrogen-bond acceptors (Lipinski definition) is 4. The van der Waals surface area contributed by atoms with E-state index in [-0.39, 0.29) is 29.1 Å². The van der Waals surface area contributed by atoms with Gasteiger partial charge in [-0.1, -0.05) is 6.07 Å². The Labute approximate surface area is 152 Å². The zero-order chi connectivity index (χ0) is 20.2. The van der Waals surface area contributed by atoms with Gasteiger partial charge in [-0.3, -0.25) is 4.79 Å². The number of carbonyl (C=O) groups is 2. The number of hydrogen-bond donors (Lipinski definition) is 1. The largest absolute Gasteiger partial charge is 0.462 e. The fraction of sp³-hybridized carbons (Fsp3) is 0.278. The van der Waals surface area contributed by atoms with Crippen LogP contribution in [-0.2, 0) is 17.5 Å². The lowest BCUT2D eigenvalue weighted by molar-refractivity contribution is -0.138. The van der Waals surface area contributed by atoms with Crippen molar-refractivity contribution in [1.29, 1.82) is 0 Å². The van der Waals surface area contributed by atoms with Gasteiger partial charge in [0.25, 0.3) is 5.91 Å². The van der Waals surface area contributed by atoms with Gasteiger partial charge in [0.05, 0.1) is 23.4 Å². The molecule has 1 heterocycles. The van der Waals surface area contributed by atoms with Crippen molar-refractivity contribution in [1.82, 2.24) is 10.3 Å². The summed E-state index contributed by atoms with van der Waals surface area (Å²) in [6.45, 7) is 2.87. The summed E-state index contributed by atoms with van der Waals surface area (Å²) >= 11 is 0. The fourth-order valence-corrected chi connectivity index (χ4v) is 2.34. The van der Waals surface area contributed by atoms with Crippen molar-refractivity contribution < 1.29 is 31.9 Å². The summed E-state index contributed by atoms with van der Waals surface area (Å²) in [5.74, 6) is -2.34. The van der Waals surface area contributed by atoms with Crippen molar-refractivity contribution >= 4 is 11.9 Å². The number of nitrogens with one attached hydrogen (secondary N) is 1. The van der Waals surface area contributed by atoms with E-state index in [0.717, 1.165) is 12.1 Å². The normalized spacial score (nSPS) is 11.2. The lowest BCUT2D eigenvalue weighted by atomic mass is 10.1. The number of carbonyl (C=O) groups excluding carboxylic acids is 2. The zero-order valence-electron chi connectivity index (χ0n) is 14.5. The molecule has 1 aromatic carbocycles. The molecule has 1 N–H and O–H groups in total. The van der Waals surface area contributed by atoms with Crippen molar-refractivity contribution in [2.75, 3.05) is 6.61 Å². The van der Waals surface area contributed by atoms with E-state index in [1.165, 1.54) is 19.1 Å². The van der Waals surface area contributed by atoms with Crippen LogP contribution in [0.5, 0.6) is 0 Å². The quantitative estimate of drug-likeness (QED) is 0.631. The predicted molar refractivity (Wildman–Crippen MR) is 87.5 cm³/mol. The minimum Gasteiger partial charge on any atom is -0.462 e. The Morgan fingerprint density at radius 2 is 1.89 bits per heavy atom. The van der Waals surface area contributed by atoms with Crippen molar-refractivity contribution in [2.24, 2.45) is 0 Å². The summed E-state index contributed by atoms with van der Waals surface area (Å²) in [6.07, 6.45) is -4.75. The topological polar surface area (TPSA) is 68.3 Å². The molecule has 0 spiro atoms. The van der Waals surface area contributed by atoms with Gasteiger partial charge in [0.1, 0.15) is 11.5 Å². The number of nitrogens with zero attached hydrogens (tertiary/aromatic N) is 1. The highest BCUT2D eigenvalue weighted by Gasteiger charge is 2.33. The molecule has 9 heteroatoms. The molecule has 1 aromatic heterocycles. The lowest BCUT2D eigenvalue weighted by Gasteiger charge is -2.14. The number of ether oxygens (including phenoxy) is 1. The van der Waals surface area contributed by atoms with Crippen LogP contribution in [0.4, 0.5) is 17.6 Å². The van der Waals surface area contributed by atoms with Crippen LogP contribution < -0.4 is 5.32 Å². The van der Waals surface area contributed by atoms with Crippen molar-refractivity contribution in [3.8, 4) is 0 Å². The van der Waals surface area contributed by atoms with Crippen LogP contribution in [0, 0.1) is 12.7 Å². The van der Waals surface area contributed by atoms with Gasteiger partial charge in [-0.25, -0.2) is 14.2 Å². The van der Waals surface area contributed by atoms with E-state index in [1.807, 2.05) is 0 Å². The summed E-state index contributed by atoms with van der Waals surface area (Å²) in [5.41, 5.74) is -1.08. The summed E-state index contributed by atoms with van der Waals surface area (Å²) in [5, 5.41) is 2.31. The molecule has 0 saturated heterocycles. The minimum absolute atomic E-state index is 0.0729. The van der Waals surface area contributed by atoms with Gasteiger partial charge in [0, 0.05) is 6.54 Å². The summed E-state index contributed by atoms with van der Waals surface area (Å²) in [7, 11) is 0. The van der Waals surface area contributed by atoms with Crippen LogP contribution in [0.2, 0.25) is 0 Å². The number of pyridine rings is 1. The molecule has 0 aliphatic carbocycles. The maximum absolute atomic E-state index is 13.1. The fourth-order valence-electron chi connectivity index (χ4n) is 2.34. The highest BCUT2D eigenvalue weighted by Crippen LogP contribution is 2.32. The number of benzene rings is 1. The first-order chi connectivity index (χ1) is 12.6. The molecule has 27 heavy (non-hydrogen) atoms. The van der Waals surface area contributed by atoms with Crippen LogP contribution in [0.25, 0.3) is 0 Å². The Morgan fingerprint density at radius 3 is 2.48 bits per heavy atom. The molecule has 0 saturated carbocycles. The summed E-state index contributed by atoms with van der Waals surface area (Å²) in [6, 6.07) is 4.84. The number of alkyl halides is 3. The van der Waals surface area contributed by atoms with Crippen molar-refractivity contribution in [3.63, 3.8) is 0 Å². The third-order valence-electron chi connectivity index (χ3n) is 3.63. The monoisotopic (exact) mass is 384 g/mol. The zero-order valence-corrected chi connectivity index (χ0v) is 14.5. The predicted octanol–water partition coefficient (Wildman–Crippen LogP) is 3.65. The van der Waals surface area contributed by atoms with Crippen LogP contribution >= 0.6 is 0 Å². The van der Waals surface area contributed by atoms with E-state index in [0.29, 0.717) is 6.07 Å². The second-order valence-electron chi connectivity index (χ2n) is 5.53. The maximum atomic E-state index is 13.1. The van der Waals surface area contributed by atoms with Crippen LogP contribution in [0.3, 0.4) is 0 Å². The molecule has 0 fully saturated rings. The van der Waals surface area contributed by atoms with E-state index in [1.54, 1.807) is 6.92 Å². The molecule has 5 nitrogen and oxygen atoms in total. The summed E-state index contributed by atoms with van der Waals surface area (Å²) < 4.78 is 56.9. The standard InChI is InChI=1S/C18H16F4N2O3/c1-3-27-17(26)13-6-7-15(24-10(13)2)16(25)23-9-11-4-5-12(19)8-14(11)18(20,21)22/h4-8H,3,9H2,1-2H3,(H,23,25). The molecule has 0 aliphatic rings. The third kappa shape index (κ3) is 5.02. The number of esters is 1. The molecule has 1 amide bonds. The van der Waals surface area contributed by atoms with E-state index in [4.69, 9.17) is 4.74 Å². The molecule has 0 atom stereocenters. The average molecular weight is 384 g/mol. The second kappa shape index (κ2) is 8.15. The van der Waals surface area contributed by atoms with Crippen molar-refractivity contribution in [2.45, 2.75) is 26.6 Å².